The van der Waals surface area contributed by atoms with E-state index >= 15 is 0 Å². The number of hydrogen-bond donors (Lipinski definition) is 1. The molecule has 0 atom stereocenters. The van der Waals surface area contributed by atoms with Crippen LogP contribution in [0.4, 0.5) is 5.69 Å². The van der Waals surface area contributed by atoms with Crippen LogP contribution in [0.1, 0.15) is 29.8 Å². The number of benzene rings is 2. The topological polar surface area (TPSA) is 46.2 Å². The third-order valence-electron chi connectivity index (χ3n) is 3.19. The minimum atomic E-state index is -0.0527. The zero-order valence-electron chi connectivity index (χ0n) is 12.7. The number of carbonyl (C=O) groups excluding carboxylic acids is 2. The van der Waals surface area contributed by atoms with Gasteiger partial charge in [0.05, 0.1) is 0 Å². The van der Waals surface area contributed by atoms with Crippen molar-refractivity contribution in [1.82, 2.24) is 0 Å². The highest BCUT2D eigenvalue weighted by Gasteiger charge is 2.06. The van der Waals surface area contributed by atoms with Crippen molar-refractivity contribution < 1.29 is 9.59 Å². The Morgan fingerprint density at radius 1 is 0.955 bits per heavy atom. The minimum Gasteiger partial charge on any atom is -0.326 e. The molecule has 112 valence electrons. The Morgan fingerprint density at radius 3 is 2.18 bits per heavy atom. The zero-order chi connectivity index (χ0) is 15.9. The van der Waals surface area contributed by atoms with Gasteiger partial charge in [0.25, 0.3) is 0 Å². The Bertz CT molecular complexity index is 670. The van der Waals surface area contributed by atoms with Crippen molar-refractivity contribution in [3.63, 3.8) is 0 Å². The Morgan fingerprint density at radius 2 is 1.59 bits per heavy atom. The van der Waals surface area contributed by atoms with E-state index in [2.05, 4.69) is 5.32 Å². The van der Waals surface area contributed by atoms with Crippen molar-refractivity contribution >= 4 is 23.5 Å². The average molecular weight is 293 g/mol. The molecular formula is C19H19NO2. The second-order valence-electron chi connectivity index (χ2n) is 5.33. The van der Waals surface area contributed by atoms with E-state index in [9.17, 15) is 9.59 Å². The number of amides is 1. The van der Waals surface area contributed by atoms with Crippen LogP contribution in [0.15, 0.2) is 60.7 Å². The van der Waals surface area contributed by atoms with E-state index in [1.54, 1.807) is 24.3 Å². The quantitative estimate of drug-likeness (QED) is 0.664. The van der Waals surface area contributed by atoms with Crippen LogP contribution in [-0.4, -0.2) is 11.7 Å². The number of hydrogen-bond acceptors (Lipinski definition) is 2. The first-order valence-electron chi connectivity index (χ1n) is 7.24. The summed E-state index contributed by atoms with van der Waals surface area (Å²) in [5.74, 6) is -0.0941. The van der Waals surface area contributed by atoms with Gasteiger partial charge in [0.2, 0.25) is 5.91 Å². The van der Waals surface area contributed by atoms with Gasteiger partial charge in [-0.25, -0.2) is 0 Å². The Hall–Kier alpha value is -2.68. The first-order valence-corrected chi connectivity index (χ1v) is 7.24. The Kier molecular flexibility index (Phi) is 5.26. The fraction of sp³-hybridized carbons (Fsp3) is 0.158. The molecule has 2 rings (SSSR count). The number of anilines is 1. The zero-order valence-corrected chi connectivity index (χ0v) is 12.7. The summed E-state index contributed by atoms with van der Waals surface area (Å²) in [6.45, 7) is 3.70. The van der Waals surface area contributed by atoms with Crippen molar-refractivity contribution in [3.8, 4) is 0 Å². The summed E-state index contributed by atoms with van der Waals surface area (Å²) in [5.41, 5.74) is 2.33. The lowest BCUT2D eigenvalue weighted by molar-refractivity contribution is -0.118. The molecular weight excluding hydrogens is 274 g/mol. The van der Waals surface area contributed by atoms with Crippen LogP contribution >= 0.6 is 0 Å². The van der Waals surface area contributed by atoms with Crippen LogP contribution < -0.4 is 5.32 Å². The summed E-state index contributed by atoms with van der Waals surface area (Å²) >= 11 is 0. The standard InChI is InChI=1S/C19H19NO2/c1-14(2)19(22)20-17-11-8-15(9-12-17)10-13-18(21)16-6-4-3-5-7-16/h3-14H,1-2H3,(H,20,22). The fourth-order valence-electron chi connectivity index (χ4n) is 1.83. The summed E-state index contributed by atoms with van der Waals surface area (Å²) < 4.78 is 0. The summed E-state index contributed by atoms with van der Waals surface area (Å²) in [4.78, 5) is 23.6. The summed E-state index contributed by atoms with van der Waals surface area (Å²) in [5, 5.41) is 2.83. The van der Waals surface area contributed by atoms with E-state index in [0.717, 1.165) is 11.3 Å². The number of carbonyl (C=O) groups is 2. The van der Waals surface area contributed by atoms with Crippen LogP contribution in [0.5, 0.6) is 0 Å². The van der Waals surface area contributed by atoms with E-state index < -0.39 is 0 Å². The molecule has 2 aromatic rings. The van der Waals surface area contributed by atoms with Gasteiger partial charge < -0.3 is 5.32 Å². The normalized spacial score (nSPS) is 10.9. The molecule has 0 spiro atoms. The van der Waals surface area contributed by atoms with Crippen LogP contribution in [0.2, 0.25) is 0 Å². The van der Waals surface area contributed by atoms with Gasteiger partial charge in [0.1, 0.15) is 0 Å². The average Bonchev–Trinajstić information content (AvgIpc) is 2.54. The monoisotopic (exact) mass is 293 g/mol. The van der Waals surface area contributed by atoms with Gasteiger partial charge in [-0.3, -0.25) is 9.59 Å². The first kappa shape index (κ1) is 15.7. The van der Waals surface area contributed by atoms with Gasteiger partial charge in [-0.15, -0.1) is 0 Å². The summed E-state index contributed by atoms with van der Waals surface area (Å²) in [6, 6.07) is 16.5. The molecule has 0 aliphatic carbocycles. The van der Waals surface area contributed by atoms with Gasteiger partial charge in [-0.05, 0) is 23.8 Å². The molecule has 0 unspecified atom stereocenters. The molecule has 22 heavy (non-hydrogen) atoms. The second-order valence-corrected chi connectivity index (χ2v) is 5.33. The van der Waals surface area contributed by atoms with Crippen molar-refractivity contribution in [2.45, 2.75) is 13.8 Å². The number of nitrogens with one attached hydrogen (secondary N) is 1. The Balaban J connectivity index is 2.01. The maximum atomic E-state index is 12.0. The van der Waals surface area contributed by atoms with E-state index in [1.165, 1.54) is 0 Å². The SMILES string of the molecule is CC(C)C(=O)Nc1ccc(C=CC(=O)c2ccccc2)cc1. The van der Waals surface area contributed by atoms with Gasteiger partial charge in [-0.1, -0.05) is 62.4 Å². The van der Waals surface area contributed by atoms with E-state index in [-0.39, 0.29) is 17.6 Å². The molecule has 0 saturated heterocycles. The predicted molar refractivity (Wildman–Crippen MR) is 89.7 cm³/mol. The lowest BCUT2D eigenvalue weighted by Gasteiger charge is -2.07. The molecule has 2 aromatic carbocycles. The molecule has 1 N–H and O–H groups in total. The molecule has 0 radical (unpaired) electrons. The molecule has 0 aromatic heterocycles. The van der Waals surface area contributed by atoms with Crippen molar-refractivity contribution in [1.29, 1.82) is 0 Å². The number of ketones is 1. The highest BCUT2D eigenvalue weighted by molar-refractivity contribution is 6.06. The molecule has 0 fully saturated rings. The Labute approximate surface area is 130 Å². The first-order chi connectivity index (χ1) is 10.6. The highest BCUT2D eigenvalue weighted by Crippen LogP contribution is 2.12. The largest absolute Gasteiger partial charge is 0.326 e. The van der Waals surface area contributed by atoms with E-state index in [1.807, 2.05) is 56.3 Å². The molecule has 0 heterocycles. The third-order valence-corrected chi connectivity index (χ3v) is 3.19. The lowest BCUT2D eigenvalue weighted by Crippen LogP contribution is -2.17. The van der Waals surface area contributed by atoms with Crippen molar-refractivity contribution in [2.24, 2.45) is 5.92 Å². The second kappa shape index (κ2) is 7.36. The van der Waals surface area contributed by atoms with Gasteiger partial charge in [0, 0.05) is 17.2 Å². The maximum Gasteiger partial charge on any atom is 0.226 e. The molecule has 0 saturated carbocycles. The summed E-state index contributed by atoms with van der Waals surface area (Å²) in [7, 11) is 0. The van der Waals surface area contributed by atoms with Crippen LogP contribution in [0.25, 0.3) is 6.08 Å². The molecule has 1 amide bonds. The molecule has 0 aliphatic heterocycles. The summed E-state index contributed by atoms with van der Waals surface area (Å²) in [6.07, 6.45) is 3.32. The molecule has 0 bridgehead atoms. The minimum absolute atomic E-state index is 0.0115. The highest BCUT2D eigenvalue weighted by atomic mass is 16.1. The van der Waals surface area contributed by atoms with E-state index in [0.29, 0.717) is 5.56 Å². The molecule has 3 nitrogen and oxygen atoms in total. The predicted octanol–water partition coefficient (Wildman–Crippen LogP) is 4.18. The smallest absolute Gasteiger partial charge is 0.226 e. The van der Waals surface area contributed by atoms with E-state index in [4.69, 9.17) is 0 Å². The number of allylic oxidation sites excluding steroid dienone is 1. The van der Waals surface area contributed by atoms with Crippen molar-refractivity contribution in [3.05, 3.63) is 71.8 Å². The van der Waals surface area contributed by atoms with Gasteiger partial charge in [-0.2, -0.15) is 0 Å². The molecule has 0 aliphatic rings. The third kappa shape index (κ3) is 4.42. The number of rotatable bonds is 5. The van der Waals surface area contributed by atoms with Crippen LogP contribution in [-0.2, 0) is 4.79 Å². The van der Waals surface area contributed by atoms with Gasteiger partial charge in [0.15, 0.2) is 5.78 Å². The maximum absolute atomic E-state index is 12.0. The molecule has 3 heteroatoms. The van der Waals surface area contributed by atoms with Gasteiger partial charge >= 0.3 is 0 Å². The van der Waals surface area contributed by atoms with Crippen molar-refractivity contribution in [2.75, 3.05) is 5.32 Å². The van der Waals surface area contributed by atoms with Crippen LogP contribution in [0.3, 0.4) is 0 Å². The van der Waals surface area contributed by atoms with Crippen LogP contribution in [0, 0.1) is 5.92 Å². The lowest BCUT2D eigenvalue weighted by atomic mass is 10.1. The fourth-order valence-corrected chi connectivity index (χ4v) is 1.83.